The van der Waals surface area contributed by atoms with Crippen LogP contribution in [-0.4, -0.2) is 49.7 Å². The lowest BCUT2D eigenvalue weighted by atomic mass is 9.96. The van der Waals surface area contributed by atoms with Crippen molar-refractivity contribution < 1.29 is 0 Å². The van der Waals surface area contributed by atoms with Crippen LogP contribution in [-0.2, 0) is 6.54 Å². The second-order valence-corrected chi connectivity index (χ2v) is 6.79. The Labute approximate surface area is 128 Å². The zero-order valence-corrected chi connectivity index (χ0v) is 13.4. The van der Waals surface area contributed by atoms with Crippen molar-refractivity contribution in [3.8, 4) is 0 Å². The lowest BCUT2D eigenvalue weighted by Gasteiger charge is -2.33. The van der Waals surface area contributed by atoms with Gasteiger partial charge in [0.05, 0.1) is 11.9 Å². The largest absolute Gasteiger partial charge is 0.373 e. The van der Waals surface area contributed by atoms with Gasteiger partial charge in [0.2, 0.25) is 0 Å². The molecular formula is C17H28N4. The summed E-state index contributed by atoms with van der Waals surface area (Å²) in [5, 5.41) is 3.62. The third kappa shape index (κ3) is 4.17. The van der Waals surface area contributed by atoms with E-state index in [-0.39, 0.29) is 0 Å². The maximum Gasteiger partial charge on any atom is 0.0595 e. The fourth-order valence-electron chi connectivity index (χ4n) is 3.18. The average Bonchev–Trinajstić information content (AvgIpc) is 3.32. The van der Waals surface area contributed by atoms with Gasteiger partial charge < -0.3 is 15.1 Å². The maximum absolute atomic E-state index is 4.34. The van der Waals surface area contributed by atoms with Gasteiger partial charge in [-0.15, -0.1) is 0 Å². The Kier molecular flexibility index (Phi) is 4.76. The molecule has 4 heteroatoms. The molecule has 2 heterocycles. The van der Waals surface area contributed by atoms with Gasteiger partial charge in [0.15, 0.2) is 0 Å². The summed E-state index contributed by atoms with van der Waals surface area (Å²) in [6.45, 7) is 4.60. The number of hydrogen-bond donors (Lipinski definition) is 1. The molecule has 2 fully saturated rings. The first-order valence-corrected chi connectivity index (χ1v) is 8.28. The van der Waals surface area contributed by atoms with Crippen molar-refractivity contribution in [2.75, 3.05) is 38.6 Å². The minimum Gasteiger partial charge on any atom is -0.373 e. The molecule has 2 aliphatic rings. The van der Waals surface area contributed by atoms with Crippen molar-refractivity contribution in [1.82, 2.24) is 15.2 Å². The Morgan fingerprint density at radius 1 is 1.29 bits per heavy atom. The van der Waals surface area contributed by atoms with Gasteiger partial charge in [0.25, 0.3) is 0 Å². The van der Waals surface area contributed by atoms with Crippen molar-refractivity contribution in [2.24, 2.45) is 5.92 Å². The van der Waals surface area contributed by atoms with Crippen LogP contribution < -0.4 is 10.2 Å². The fraction of sp³-hybridized carbons (Fsp3) is 0.706. The molecule has 0 spiro atoms. The van der Waals surface area contributed by atoms with E-state index in [9.17, 15) is 0 Å². The van der Waals surface area contributed by atoms with E-state index >= 15 is 0 Å². The van der Waals surface area contributed by atoms with E-state index in [0.717, 1.165) is 25.0 Å². The summed E-state index contributed by atoms with van der Waals surface area (Å²) in [5.41, 5.74) is 2.68. The summed E-state index contributed by atoms with van der Waals surface area (Å²) in [7, 11) is 4.44. The minimum atomic E-state index is 0.755. The van der Waals surface area contributed by atoms with Crippen molar-refractivity contribution in [3.63, 3.8) is 0 Å². The topological polar surface area (TPSA) is 31.4 Å². The molecule has 0 aromatic carbocycles. The Bertz CT molecular complexity index is 450. The van der Waals surface area contributed by atoms with E-state index < -0.39 is 0 Å². The Hall–Kier alpha value is -1.13. The van der Waals surface area contributed by atoms with Crippen molar-refractivity contribution in [2.45, 2.75) is 38.3 Å². The molecule has 0 bridgehead atoms. The van der Waals surface area contributed by atoms with Gasteiger partial charge >= 0.3 is 0 Å². The van der Waals surface area contributed by atoms with Crippen LogP contribution in [0.4, 0.5) is 5.69 Å². The van der Waals surface area contributed by atoms with Gasteiger partial charge in [-0.3, -0.25) is 4.98 Å². The predicted octanol–water partition coefficient (Wildman–Crippen LogP) is 2.11. The molecule has 116 valence electrons. The molecule has 1 aliphatic heterocycles. The molecule has 21 heavy (non-hydrogen) atoms. The van der Waals surface area contributed by atoms with Crippen molar-refractivity contribution >= 4 is 5.69 Å². The third-order valence-corrected chi connectivity index (χ3v) is 4.83. The normalized spacial score (nSPS) is 20.7. The number of aromatic nitrogens is 1. The van der Waals surface area contributed by atoms with Gasteiger partial charge in [-0.1, -0.05) is 0 Å². The quantitative estimate of drug-likeness (QED) is 0.869. The molecule has 0 atom stereocenters. The smallest absolute Gasteiger partial charge is 0.0595 e. The summed E-state index contributed by atoms with van der Waals surface area (Å²) in [6, 6.07) is 2.92. The lowest BCUT2D eigenvalue weighted by Crippen LogP contribution is -2.36. The molecule has 1 aliphatic carbocycles. The minimum absolute atomic E-state index is 0.755. The standard InChI is InChI=1S/C17H28N4/c1-20-9-6-14(7-10-20)13-21(2)17-12-18-8-5-15(17)11-19-16-3-4-16/h5,8,12,14,16,19H,3-4,6-7,9-11,13H2,1-2H3. The van der Waals surface area contributed by atoms with E-state index in [1.165, 1.54) is 50.0 Å². The predicted molar refractivity (Wildman–Crippen MR) is 87.6 cm³/mol. The highest BCUT2D eigenvalue weighted by atomic mass is 15.1. The highest BCUT2D eigenvalue weighted by molar-refractivity contribution is 5.51. The first kappa shape index (κ1) is 14.8. The summed E-state index contributed by atoms with van der Waals surface area (Å²) in [4.78, 5) is 9.18. The number of nitrogens with one attached hydrogen (secondary N) is 1. The molecule has 1 saturated heterocycles. The average molecular weight is 288 g/mol. The molecule has 1 N–H and O–H groups in total. The van der Waals surface area contributed by atoms with E-state index in [2.05, 4.69) is 40.3 Å². The number of pyridine rings is 1. The van der Waals surface area contributed by atoms with Crippen molar-refractivity contribution in [1.29, 1.82) is 0 Å². The number of hydrogen-bond acceptors (Lipinski definition) is 4. The van der Waals surface area contributed by atoms with E-state index in [0.29, 0.717) is 0 Å². The molecule has 3 rings (SSSR count). The van der Waals surface area contributed by atoms with Gasteiger partial charge in [-0.2, -0.15) is 0 Å². The van der Waals surface area contributed by atoms with E-state index in [1.54, 1.807) is 0 Å². The number of likely N-dealkylation sites (tertiary alicyclic amines) is 1. The number of nitrogens with zero attached hydrogens (tertiary/aromatic N) is 3. The van der Waals surface area contributed by atoms with Crippen LogP contribution >= 0.6 is 0 Å². The van der Waals surface area contributed by atoms with E-state index in [4.69, 9.17) is 0 Å². The fourth-order valence-corrected chi connectivity index (χ4v) is 3.18. The summed E-state index contributed by atoms with van der Waals surface area (Å²) in [5.74, 6) is 0.815. The number of piperidine rings is 1. The zero-order chi connectivity index (χ0) is 14.7. The summed E-state index contributed by atoms with van der Waals surface area (Å²) >= 11 is 0. The number of rotatable bonds is 6. The van der Waals surface area contributed by atoms with Crippen LogP contribution in [0, 0.1) is 5.92 Å². The SMILES string of the molecule is CN1CCC(CN(C)c2cnccc2CNC2CC2)CC1. The van der Waals surface area contributed by atoms with Gasteiger partial charge in [0, 0.05) is 32.4 Å². The molecule has 1 aromatic heterocycles. The Morgan fingerprint density at radius 2 is 2.05 bits per heavy atom. The molecule has 0 unspecified atom stereocenters. The highest BCUT2D eigenvalue weighted by Crippen LogP contribution is 2.24. The summed E-state index contributed by atoms with van der Waals surface area (Å²) < 4.78 is 0. The van der Waals surface area contributed by atoms with E-state index in [1.807, 2.05) is 12.4 Å². The summed E-state index contributed by atoms with van der Waals surface area (Å²) in [6.07, 6.45) is 9.25. The molecular weight excluding hydrogens is 260 g/mol. The molecule has 4 nitrogen and oxygen atoms in total. The van der Waals surface area contributed by atoms with Crippen LogP contribution in [0.15, 0.2) is 18.5 Å². The number of anilines is 1. The Morgan fingerprint density at radius 3 is 2.76 bits per heavy atom. The van der Waals surface area contributed by atoms with Gasteiger partial charge in [-0.05, 0) is 63.4 Å². The molecule has 1 saturated carbocycles. The zero-order valence-electron chi connectivity index (χ0n) is 13.4. The third-order valence-electron chi connectivity index (χ3n) is 4.83. The van der Waals surface area contributed by atoms with Crippen LogP contribution in [0.3, 0.4) is 0 Å². The first-order chi connectivity index (χ1) is 10.2. The maximum atomic E-state index is 4.34. The lowest BCUT2D eigenvalue weighted by molar-refractivity contribution is 0.222. The monoisotopic (exact) mass is 288 g/mol. The van der Waals surface area contributed by atoms with Crippen LogP contribution in [0.2, 0.25) is 0 Å². The van der Waals surface area contributed by atoms with Crippen LogP contribution in [0.25, 0.3) is 0 Å². The molecule has 0 radical (unpaired) electrons. The highest BCUT2D eigenvalue weighted by Gasteiger charge is 2.22. The van der Waals surface area contributed by atoms with Gasteiger partial charge in [0.1, 0.15) is 0 Å². The van der Waals surface area contributed by atoms with Gasteiger partial charge in [-0.25, -0.2) is 0 Å². The second kappa shape index (κ2) is 6.75. The first-order valence-electron chi connectivity index (χ1n) is 8.28. The van der Waals surface area contributed by atoms with Crippen LogP contribution in [0.5, 0.6) is 0 Å². The molecule has 1 aromatic rings. The van der Waals surface area contributed by atoms with Crippen molar-refractivity contribution in [3.05, 3.63) is 24.0 Å². The second-order valence-electron chi connectivity index (χ2n) is 6.79. The van der Waals surface area contributed by atoms with Crippen LogP contribution in [0.1, 0.15) is 31.2 Å². The molecule has 0 amide bonds. The Balaban J connectivity index is 1.58.